The number of benzene rings is 1. The van der Waals surface area contributed by atoms with Gasteiger partial charge in [0.05, 0.1) is 17.1 Å². The third kappa shape index (κ3) is 5.41. The van der Waals surface area contributed by atoms with Crippen molar-refractivity contribution in [2.45, 2.75) is 32.7 Å². The lowest BCUT2D eigenvalue weighted by Gasteiger charge is -2.18. The fourth-order valence-corrected chi connectivity index (χ4v) is 2.89. The predicted octanol–water partition coefficient (Wildman–Crippen LogP) is 2.55. The molecule has 1 heterocycles. The lowest BCUT2D eigenvalue weighted by atomic mass is 10.1. The molecule has 2 rings (SSSR count). The second-order valence-corrected chi connectivity index (χ2v) is 6.67. The minimum absolute atomic E-state index is 0.0171. The van der Waals surface area contributed by atoms with Crippen molar-refractivity contribution in [3.63, 3.8) is 0 Å². The smallest absolute Gasteiger partial charge is 0.226 e. The summed E-state index contributed by atoms with van der Waals surface area (Å²) >= 11 is 1.50. The van der Waals surface area contributed by atoms with E-state index in [-0.39, 0.29) is 36.7 Å². The highest BCUT2D eigenvalue weighted by Gasteiger charge is 2.15. The SMILES string of the molecule is CC(CO)C(C)NC(=O)Cc1csc(Cc2ccc(F)cc2)n1. The van der Waals surface area contributed by atoms with Crippen LogP contribution < -0.4 is 5.32 Å². The van der Waals surface area contributed by atoms with Crippen LogP contribution in [0.25, 0.3) is 0 Å². The lowest BCUT2D eigenvalue weighted by molar-refractivity contribution is -0.121. The zero-order chi connectivity index (χ0) is 16.8. The molecular formula is C17H21FN2O2S. The topological polar surface area (TPSA) is 62.2 Å². The molecule has 1 amide bonds. The largest absolute Gasteiger partial charge is 0.396 e. The van der Waals surface area contributed by atoms with E-state index in [9.17, 15) is 9.18 Å². The number of thiazole rings is 1. The molecule has 2 N–H and O–H groups in total. The maximum atomic E-state index is 12.9. The number of nitrogens with one attached hydrogen (secondary N) is 1. The molecule has 0 fully saturated rings. The summed E-state index contributed by atoms with van der Waals surface area (Å²) in [5.41, 5.74) is 1.72. The number of aliphatic hydroxyl groups is 1. The molecule has 124 valence electrons. The van der Waals surface area contributed by atoms with E-state index in [1.165, 1.54) is 23.5 Å². The van der Waals surface area contributed by atoms with Crippen LogP contribution in [0, 0.1) is 11.7 Å². The zero-order valence-electron chi connectivity index (χ0n) is 13.3. The Balaban J connectivity index is 1.89. The average molecular weight is 336 g/mol. The Bertz CT molecular complexity index is 642. The van der Waals surface area contributed by atoms with Crippen LogP contribution in [0.15, 0.2) is 29.6 Å². The highest BCUT2D eigenvalue weighted by atomic mass is 32.1. The van der Waals surface area contributed by atoms with Gasteiger partial charge in [-0.15, -0.1) is 11.3 Å². The first-order chi connectivity index (χ1) is 11.0. The van der Waals surface area contributed by atoms with Gasteiger partial charge >= 0.3 is 0 Å². The molecule has 2 unspecified atom stereocenters. The summed E-state index contributed by atoms with van der Waals surface area (Å²) in [5, 5.41) is 14.7. The highest BCUT2D eigenvalue weighted by Crippen LogP contribution is 2.16. The number of hydrogen-bond donors (Lipinski definition) is 2. The second kappa shape index (κ2) is 8.17. The third-order valence-corrected chi connectivity index (χ3v) is 4.64. The van der Waals surface area contributed by atoms with Gasteiger partial charge in [-0.1, -0.05) is 19.1 Å². The van der Waals surface area contributed by atoms with Crippen molar-refractivity contribution in [3.8, 4) is 0 Å². The summed E-state index contributed by atoms with van der Waals surface area (Å²) in [5.74, 6) is -0.337. The number of aliphatic hydroxyl groups excluding tert-OH is 1. The van der Waals surface area contributed by atoms with Crippen LogP contribution in [0.5, 0.6) is 0 Å². The van der Waals surface area contributed by atoms with Gasteiger partial charge < -0.3 is 10.4 Å². The van der Waals surface area contributed by atoms with Crippen LogP contribution in [-0.4, -0.2) is 28.6 Å². The molecule has 0 spiro atoms. The van der Waals surface area contributed by atoms with Crippen LogP contribution >= 0.6 is 11.3 Å². The van der Waals surface area contributed by atoms with E-state index in [2.05, 4.69) is 10.3 Å². The maximum Gasteiger partial charge on any atom is 0.226 e. The van der Waals surface area contributed by atoms with Gasteiger partial charge in [-0.2, -0.15) is 0 Å². The Labute approximate surface area is 139 Å². The van der Waals surface area contributed by atoms with Crippen LogP contribution in [0.4, 0.5) is 4.39 Å². The van der Waals surface area contributed by atoms with Crippen molar-refractivity contribution in [3.05, 3.63) is 51.7 Å². The van der Waals surface area contributed by atoms with E-state index in [4.69, 9.17) is 5.11 Å². The Morgan fingerprint density at radius 2 is 2.04 bits per heavy atom. The minimum atomic E-state index is -0.253. The van der Waals surface area contributed by atoms with Crippen molar-refractivity contribution in [1.29, 1.82) is 0 Å². The van der Waals surface area contributed by atoms with Gasteiger partial charge in [0.25, 0.3) is 0 Å². The number of aromatic nitrogens is 1. The van der Waals surface area contributed by atoms with Crippen molar-refractivity contribution >= 4 is 17.2 Å². The Morgan fingerprint density at radius 3 is 2.70 bits per heavy atom. The molecule has 2 atom stereocenters. The van der Waals surface area contributed by atoms with E-state index in [1.54, 1.807) is 12.1 Å². The third-order valence-electron chi connectivity index (χ3n) is 3.74. The van der Waals surface area contributed by atoms with Crippen LogP contribution in [0.1, 0.15) is 30.1 Å². The summed E-state index contributed by atoms with van der Waals surface area (Å²) in [6.45, 7) is 3.80. The summed E-state index contributed by atoms with van der Waals surface area (Å²) < 4.78 is 12.9. The van der Waals surface area contributed by atoms with E-state index >= 15 is 0 Å². The van der Waals surface area contributed by atoms with Crippen LogP contribution in [-0.2, 0) is 17.6 Å². The van der Waals surface area contributed by atoms with E-state index in [0.29, 0.717) is 6.42 Å². The quantitative estimate of drug-likeness (QED) is 0.817. The van der Waals surface area contributed by atoms with Gasteiger partial charge in [0.1, 0.15) is 5.82 Å². The monoisotopic (exact) mass is 336 g/mol. The fraction of sp³-hybridized carbons (Fsp3) is 0.412. The first-order valence-corrected chi connectivity index (χ1v) is 8.44. The molecule has 23 heavy (non-hydrogen) atoms. The molecule has 6 heteroatoms. The lowest BCUT2D eigenvalue weighted by Crippen LogP contribution is -2.39. The van der Waals surface area contributed by atoms with Crippen molar-refractivity contribution < 1.29 is 14.3 Å². The predicted molar refractivity (Wildman–Crippen MR) is 88.9 cm³/mol. The Hall–Kier alpha value is -1.79. The van der Waals surface area contributed by atoms with Gasteiger partial charge in [0, 0.05) is 24.4 Å². The highest BCUT2D eigenvalue weighted by molar-refractivity contribution is 7.09. The number of amides is 1. The van der Waals surface area contributed by atoms with Crippen molar-refractivity contribution in [2.24, 2.45) is 5.92 Å². The van der Waals surface area contributed by atoms with E-state index < -0.39 is 0 Å². The molecule has 4 nitrogen and oxygen atoms in total. The molecule has 0 radical (unpaired) electrons. The van der Waals surface area contributed by atoms with Crippen molar-refractivity contribution in [2.75, 3.05) is 6.61 Å². The van der Waals surface area contributed by atoms with E-state index in [0.717, 1.165) is 16.3 Å². The molecule has 1 aromatic carbocycles. The molecule has 0 saturated heterocycles. The number of carbonyl (C=O) groups is 1. The second-order valence-electron chi connectivity index (χ2n) is 5.73. The normalized spacial score (nSPS) is 13.6. The molecule has 0 saturated carbocycles. The van der Waals surface area contributed by atoms with Gasteiger partial charge in [0.15, 0.2) is 0 Å². The molecule has 0 aliphatic rings. The molecule has 1 aromatic heterocycles. The number of carbonyl (C=O) groups excluding carboxylic acids is 1. The van der Waals surface area contributed by atoms with Gasteiger partial charge in [-0.25, -0.2) is 9.37 Å². The minimum Gasteiger partial charge on any atom is -0.396 e. The Morgan fingerprint density at radius 1 is 1.35 bits per heavy atom. The van der Waals surface area contributed by atoms with E-state index in [1.807, 2.05) is 19.2 Å². The molecule has 0 bridgehead atoms. The number of rotatable bonds is 7. The van der Waals surface area contributed by atoms with Crippen molar-refractivity contribution in [1.82, 2.24) is 10.3 Å². The van der Waals surface area contributed by atoms with Gasteiger partial charge in [0.2, 0.25) is 5.91 Å². The summed E-state index contributed by atoms with van der Waals surface area (Å²) in [7, 11) is 0. The summed E-state index contributed by atoms with van der Waals surface area (Å²) in [6.07, 6.45) is 0.854. The fourth-order valence-electron chi connectivity index (χ4n) is 2.06. The maximum absolute atomic E-state index is 12.9. The standard InChI is InChI=1S/C17H21FN2O2S/c1-11(9-21)12(2)19-16(22)8-15-10-23-17(20-15)7-13-3-5-14(18)6-4-13/h3-6,10-12,21H,7-9H2,1-2H3,(H,19,22). The van der Waals surface area contributed by atoms with Crippen LogP contribution in [0.3, 0.4) is 0 Å². The Kier molecular flexibility index (Phi) is 6.24. The number of nitrogens with zero attached hydrogens (tertiary/aromatic N) is 1. The van der Waals surface area contributed by atoms with Gasteiger partial charge in [-0.05, 0) is 30.5 Å². The first kappa shape index (κ1) is 17.6. The average Bonchev–Trinajstić information content (AvgIpc) is 2.95. The summed E-state index contributed by atoms with van der Waals surface area (Å²) in [6, 6.07) is 6.26. The summed E-state index contributed by atoms with van der Waals surface area (Å²) in [4.78, 5) is 16.4. The van der Waals surface area contributed by atoms with Gasteiger partial charge in [-0.3, -0.25) is 4.79 Å². The van der Waals surface area contributed by atoms with Crippen LogP contribution in [0.2, 0.25) is 0 Å². The molecular weight excluding hydrogens is 315 g/mol. The molecule has 0 aliphatic carbocycles. The number of halogens is 1. The molecule has 2 aromatic rings. The number of hydrogen-bond acceptors (Lipinski definition) is 4. The zero-order valence-corrected chi connectivity index (χ0v) is 14.1. The molecule has 0 aliphatic heterocycles. The first-order valence-electron chi connectivity index (χ1n) is 7.56.